The van der Waals surface area contributed by atoms with Gasteiger partial charge in [-0.1, -0.05) is 42.5 Å². The Hall–Kier alpha value is -4.12. The average Bonchev–Trinajstić information content (AvgIpc) is 3.44. The van der Waals surface area contributed by atoms with E-state index >= 15 is 0 Å². The Kier molecular flexibility index (Phi) is 4.71. The topological polar surface area (TPSA) is 145 Å². The number of imide groups is 1. The number of rotatable bonds is 7. The molecule has 2 amide bonds. The van der Waals surface area contributed by atoms with Crippen molar-refractivity contribution in [3.8, 4) is 0 Å². The van der Waals surface area contributed by atoms with E-state index in [9.17, 15) is 29.8 Å². The molecule has 4 atom stereocenters. The van der Waals surface area contributed by atoms with Gasteiger partial charge in [0.05, 0.1) is 40.4 Å². The third-order valence-electron chi connectivity index (χ3n) is 6.37. The van der Waals surface area contributed by atoms with Crippen LogP contribution < -0.4 is 5.32 Å². The molecule has 3 aliphatic rings. The molecular weight excluding hydrogens is 432 g/mol. The summed E-state index contributed by atoms with van der Waals surface area (Å²) < 4.78 is 6.03. The summed E-state index contributed by atoms with van der Waals surface area (Å²) >= 11 is 0. The second-order valence-electron chi connectivity index (χ2n) is 8.22. The van der Waals surface area contributed by atoms with Gasteiger partial charge in [-0.3, -0.25) is 34.7 Å². The summed E-state index contributed by atoms with van der Waals surface area (Å²) in [7, 11) is 0. The minimum atomic E-state index is -1.15. The second kappa shape index (κ2) is 7.48. The van der Waals surface area contributed by atoms with Crippen molar-refractivity contribution >= 4 is 28.9 Å². The van der Waals surface area contributed by atoms with Crippen molar-refractivity contribution in [3.63, 3.8) is 0 Å². The summed E-state index contributed by atoms with van der Waals surface area (Å²) in [6, 6.07) is 12.5. The number of nitro groups is 2. The van der Waals surface area contributed by atoms with Crippen LogP contribution in [0.4, 0.5) is 17.1 Å². The fourth-order valence-corrected chi connectivity index (χ4v) is 4.86. The average molecular weight is 450 g/mol. The van der Waals surface area contributed by atoms with Crippen LogP contribution in [-0.4, -0.2) is 44.8 Å². The Bertz CT molecular complexity index is 1210. The van der Waals surface area contributed by atoms with Crippen LogP contribution in [0.15, 0.2) is 60.7 Å². The van der Waals surface area contributed by atoms with E-state index in [0.29, 0.717) is 0 Å². The van der Waals surface area contributed by atoms with E-state index in [-0.39, 0.29) is 30.6 Å². The maximum atomic E-state index is 13.3. The minimum absolute atomic E-state index is 0.0159. The molecular formula is C22H18N4O7. The van der Waals surface area contributed by atoms with Gasteiger partial charge in [-0.05, 0) is 11.6 Å². The van der Waals surface area contributed by atoms with Crippen LogP contribution in [0, 0.1) is 32.1 Å². The number of hydrogen-bond donors (Lipinski definition) is 1. The van der Waals surface area contributed by atoms with Crippen molar-refractivity contribution in [3.05, 3.63) is 86.5 Å². The number of benzene rings is 2. The zero-order valence-corrected chi connectivity index (χ0v) is 17.1. The number of likely N-dealkylation sites (tertiary alicyclic amines) is 1. The first kappa shape index (κ1) is 20.8. The number of carbonyl (C=O) groups excluding carboxylic acids is 2. The molecule has 0 saturated carbocycles. The first-order chi connectivity index (χ1) is 15.8. The van der Waals surface area contributed by atoms with E-state index in [1.807, 2.05) is 30.3 Å². The van der Waals surface area contributed by atoms with E-state index in [1.54, 1.807) is 12.2 Å². The number of nitrogens with one attached hydrogen (secondary N) is 1. The van der Waals surface area contributed by atoms with Crippen LogP contribution in [-0.2, 0) is 20.9 Å². The van der Waals surface area contributed by atoms with E-state index in [0.717, 1.165) is 17.7 Å². The Morgan fingerprint density at radius 3 is 2.48 bits per heavy atom. The number of nitrogens with zero attached hydrogens (tertiary/aromatic N) is 3. The Labute approximate surface area is 186 Å². The zero-order valence-electron chi connectivity index (χ0n) is 17.1. The summed E-state index contributed by atoms with van der Waals surface area (Å²) in [6.07, 6.45) is 2.91. The Morgan fingerprint density at radius 1 is 1.03 bits per heavy atom. The predicted molar refractivity (Wildman–Crippen MR) is 114 cm³/mol. The number of fused-ring (bicyclic) bond motifs is 5. The van der Waals surface area contributed by atoms with Crippen molar-refractivity contribution in [1.82, 2.24) is 4.90 Å². The van der Waals surface area contributed by atoms with Crippen molar-refractivity contribution in [2.24, 2.45) is 11.8 Å². The number of carbonyl (C=O) groups is 2. The molecule has 5 rings (SSSR count). The van der Waals surface area contributed by atoms with Gasteiger partial charge >= 0.3 is 0 Å². The van der Waals surface area contributed by atoms with Gasteiger partial charge in [0, 0.05) is 12.6 Å². The first-order valence-electron chi connectivity index (χ1n) is 10.2. The number of non-ortho nitro benzene ring substituents is 1. The molecule has 1 N–H and O–H groups in total. The van der Waals surface area contributed by atoms with Crippen LogP contribution in [0.3, 0.4) is 0 Å². The van der Waals surface area contributed by atoms with Gasteiger partial charge in [0.2, 0.25) is 11.8 Å². The highest BCUT2D eigenvalue weighted by molar-refractivity contribution is 6.07. The van der Waals surface area contributed by atoms with E-state index in [1.165, 1.54) is 11.0 Å². The summed E-state index contributed by atoms with van der Waals surface area (Å²) in [4.78, 5) is 48.6. The van der Waals surface area contributed by atoms with Gasteiger partial charge in [0.25, 0.3) is 11.4 Å². The Morgan fingerprint density at radius 2 is 1.79 bits per heavy atom. The predicted octanol–water partition coefficient (Wildman–Crippen LogP) is 2.42. The number of ether oxygens (including phenoxy) is 1. The zero-order chi connectivity index (χ0) is 23.3. The highest BCUT2D eigenvalue weighted by Gasteiger charge is 2.67. The second-order valence-corrected chi connectivity index (χ2v) is 8.22. The van der Waals surface area contributed by atoms with E-state index in [4.69, 9.17) is 4.74 Å². The molecule has 33 heavy (non-hydrogen) atoms. The standard InChI is InChI=1S/C22H18N4O7/c27-20-18-17-8-9-22(33-17,19(18)21(28)24(20)11-13-4-2-1-3-5-13)12-23-15-7-6-14(25(29)30)10-16(15)26(31)32/h1-10,17-19,23H,11-12H2/t17-,18+,19-,22+/m1/s1. The van der Waals surface area contributed by atoms with Crippen molar-refractivity contribution in [2.45, 2.75) is 18.2 Å². The van der Waals surface area contributed by atoms with Crippen LogP contribution in [0.2, 0.25) is 0 Å². The molecule has 0 radical (unpaired) electrons. The van der Waals surface area contributed by atoms with Crippen LogP contribution in [0.1, 0.15) is 5.56 Å². The third kappa shape index (κ3) is 3.24. The molecule has 0 aromatic heterocycles. The van der Waals surface area contributed by atoms with Gasteiger partial charge in [-0.2, -0.15) is 0 Å². The van der Waals surface area contributed by atoms with Crippen LogP contribution in [0.25, 0.3) is 0 Å². The van der Waals surface area contributed by atoms with Gasteiger partial charge < -0.3 is 10.1 Å². The first-order valence-corrected chi connectivity index (χ1v) is 10.2. The molecule has 2 saturated heterocycles. The van der Waals surface area contributed by atoms with Crippen LogP contribution >= 0.6 is 0 Å². The fourth-order valence-electron chi connectivity index (χ4n) is 4.86. The number of nitro benzene ring substituents is 2. The normalized spacial score (nSPS) is 27.2. The summed E-state index contributed by atoms with van der Waals surface area (Å²) in [6.45, 7) is 0.146. The molecule has 2 fully saturated rings. The van der Waals surface area contributed by atoms with Gasteiger partial charge in [-0.15, -0.1) is 0 Å². The van der Waals surface area contributed by atoms with Crippen molar-refractivity contribution in [2.75, 3.05) is 11.9 Å². The number of hydrogen-bond acceptors (Lipinski definition) is 8. The molecule has 2 aromatic rings. The third-order valence-corrected chi connectivity index (χ3v) is 6.37. The van der Waals surface area contributed by atoms with E-state index in [2.05, 4.69) is 5.32 Å². The molecule has 0 aliphatic carbocycles. The fraction of sp³-hybridized carbons (Fsp3) is 0.273. The number of amides is 2. The molecule has 0 spiro atoms. The molecule has 2 bridgehead atoms. The van der Waals surface area contributed by atoms with Crippen LogP contribution in [0.5, 0.6) is 0 Å². The quantitative estimate of drug-likeness (QED) is 0.293. The summed E-state index contributed by atoms with van der Waals surface area (Å²) in [5.41, 5.74) is -1.14. The van der Waals surface area contributed by atoms with Gasteiger partial charge in [0.1, 0.15) is 11.3 Å². The van der Waals surface area contributed by atoms with Crippen molar-refractivity contribution < 1.29 is 24.2 Å². The molecule has 2 aromatic carbocycles. The lowest BCUT2D eigenvalue weighted by molar-refractivity contribution is -0.393. The maximum absolute atomic E-state index is 13.3. The highest BCUT2D eigenvalue weighted by atomic mass is 16.6. The Balaban J connectivity index is 1.39. The summed E-state index contributed by atoms with van der Waals surface area (Å²) in [5.74, 6) is -2.06. The van der Waals surface area contributed by atoms with Gasteiger partial charge in [-0.25, -0.2) is 0 Å². The maximum Gasteiger partial charge on any atom is 0.299 e. The highest BCUT2D eigenvalue weighted by Crippen LogP contribution is 2.52. The lowest BCUT2D eigenvalue weighted by atomic mass is 9.77. The monoisotopic (exact) mass is 450 g/mol. The SMILES string of the molecule is O=C1[C@H]2[C@H]3C=C[C@@](CNc4ccc([N+](=O)[O-])cc4[N+](=O)[O-])(O3)[C@H]2C(=O)N1Cc1ccccc1. The molecule has 3 aliphatic heterocycles. The van der Waals surface area contributed by atoms with Crippen molar-refractivity contribution in [1.29, 1.82) is 0 Å². The molecule has 11 nitrogen and oxygen atoms in total. The van der Waals surface area contributed by atoms with E-state index < -0.39 is 44.8 Å². The molecule has 0 unspecified atom stereocenters. The molecule has 168 valence electrons. The minimum Gasteiger partial charge on any atom is -0.376 e. The lowest BCUT2D eigenvalue weighted by Gasteiger charge is -2.29. The van der Waals surface area contributed by atoms with Gasteiger partial charge in [0.15, 0.2) is 0 Å². The largest absolute Gasteiger partial charge is 0.376 e. The lowest BCUT2D eigenvalue weighted by Crippen LogP contribution is -2.45. The summed E-state index contributed by atoms with van der Waals surface area (Å²) in [5, 5.41) is 25.3. The smallest absolute Gasteiger partial charge is 0.299 e. The number of anilines is 1. The molecule has 11 heteroatoms. The molecule has 3 heterocycles.